The van der Waals surface area contributed by atoms with Gasteiger partial charge in [-0.2, -0.15) is 5.10 Å². The molecule has 1 aromatic rings. The van der Waals surface area contributed by atoms with E-state index in [0.29, 0.717) is 12.0 Å². The molecule has 5 nitrogen and oxygen atoms in total. The molecule has 102 valence electrons. The van der Waals surface area contributed by atoms with Crippen molar-refractivity contribution in [3.8, 4) is 0 Å². The van der Waals surface area contributed by atoms with Crippen molar-refractivity contribution in [2.75, 3.05) is 13.1 Å². The van der Waals surface area contributed by atoms with E-state index in [2.05, 4.69) is 48.0 Å². The van der Waals surface area contributed by atoms with Gasteiger partial charge in [-0.3, -0.25) is 9.58 Å². The highest BCUT2D eigenvalue weighted by Gasteiger charge is 2.34. The van der Waals surface area contributed by atoms with Crippen molar-refractivity contribution in [2.45, 2.75) is 45.8 Å². The molecule has 1 atom stereocenters. The molecule has 5 heteroatoms. The minimum Gasteiger partial charge on any atom is -0.309 e. The lowest BCUT2D eigenvalue weighted by molar-refractivity contribution is 0.0596. The van der Waals surface area contributed by atoms with Crippen molar-refractivity contribution in [1.82, 2.24) is 25.0 Å². The number of nitrogens with one attached hydrogen (secondary N) is 1. The molecule has 0 radical (unpaired) electrons. The highest BCUT2D eigenvalue weighted by Crippen LogP contribution is 2.21. The molecule has 1 fully saturated rings. The van der Waals surface area contributed by atoms with E-state index in [9.17, 15) is 0 Å². The van der Waals surface area contributed by atoms with Gasteiger partial charge in [-0.05, 0) is 19.8 Å². The van der Waals surface area contributed by atoms with Crippen LogP contribution < -0.4 is 5.32 Å². The van der Waals surface area contributed by atoms with Crippen LogP contribution in [-0.2, 0) is 13.6 Å². The molecule has 1 aliphatic rings. The smallest absolute Gasteiger partial charge is 0.140 e. The van der Waals surface area contributed by atoms with Crippen molar-refractivity contribution in [3.05, 3.63) is 12.2 Å². The molecule has 1 saturated heterocycles. The van der Waals surface area contributed by atoms with E-state index in [1.165, 1.54) is 0 Å². The third-order valence-electron chi connectivity index (χ3n) is 3.78. The van der Waals surface area contributed by atoms with Crippen LogP contribution in [0, 0.1) is 5.92 Å². The van der Waals surface area contributed by atoms with Gasteiger partial charge in [-0.1, -0.05) is 13.8 Å². The lowest BCUT2D eigenvalue weighted by Crippen LogP contribution is -2.62. The predicted molar refractivity (Wildman–Crippen MR) is 72.1 cm³/mol. The Morgan fingerprint density at radius 1 is 1.50 bits per heavy atom. The average molecular weight is 251 g/mol. The number of rotatable bonds is 3. The molecule has 1 aromatic heterocycles. The summed E-state index contributed by atoms with van der Waals surface area (Å²) in [6.07, 6.45) is 1.63. The van der Waals surface area contributed by atoms with E-state index in [-0.39, 0.29) is 5.54 Å². The van der Waals surface area contributed by atoms with Crippen LogP contribution in [0.15, 0.2) is 6.33 Å². The monoisotopic (exact) mass is 251 g/mol. The lowest BCUT2D eigenvalue weighted by atomic mass is 9.93. The van der Waals surface area contributed by atoms with E-state index in [4.69, 9.17) is 0 Å². The van der Waals surface area contributed by atoms with Crippen LogP contribution in [-0.4, -0.2) is 44.3 Å². The number of aromatic nitrogens is 3. The van der Waals surface area contributed by atoms with E-state index in [1.807, 2.05) is 11.7 Å². The minimum absolute atomic E-state index is 0.171. The van der Waals surface area contributed by atoms with Crippen molar-refractivity contribution in [3.63, 3.8) is 0 Å². The Hall–Kier alpha value is -0.940. The lowest BCUT2D eigenvalue weighted by Gasteiger charge is -2.46. The average Bonchev–Trinajstić information content (AvgIpc) is 2.62. The summed E-state index contributed by atoms with van der Waals surface area (Å²) in [5.74, 6) is 1.68. The number of nitrogens with zero attached hydrogens (tertiary/aromatic N) is 4. The predicted octanol–water partition coefficient (Wildman–Crippen LogP) is 1.02. The molecule has 0 aromatic carbocycles. The fraction of sp³-hybridized carbons (Fsp3) is 0.846. The highest BCUT2D eigenvalue weighted by atomic mass is 15.3. The van der Waals surface area contributed by atoms with Crippen molar-refractivity contribution >= 4 is 0 Å². The van der Waals surface area contributed by atoms with Gasteiger partial charge >= 0.3 is 0 Å². The van der Waals surface area contributed by atoms with Gasteiger partial charge in [-0.25, -0.2) is 4.98 Å². The molecular weight excluding hydrogens is 226 g/mol. The van der Waals surface area contributed by atoms with Gasteiger partial charge in [0.25, 0.3) is 0 Å². The Balaban J connectivity index is 2.13. The molecule has 2 heterocycles. The zero-order valence-electron chi connectivity index (χ0n) is 12.1. The fourth-order valence-electron chi connectivity index (χ4n) is 2.67. The quantitative estimate of drug-likeness (QED) is 0.871. The van der Waals surface area contributed by atoms with E-state index >= 15 is 0 Å². The number of hydrogen-bond donors (Lipinski definition) is 1. The second-order valence-corrected chi connectivity index (χ2v) is 6.28. The molecule has 0 aliphatic carbocycles. The maximum Gasteiger partial charge on any atom is 0.140 e. The molecular formula is C13H25N5. The molecule has 1 aliphatic heterocycles. The third-order valence-corrected chi connectivity index (χ3v) is 3.78. The van der Waals surface area contributed by atoms with E-state index in [0.717, 1.165) is 25.5 Å². The number of aryl methyl sites for hydroxylation is 1. The van der Waals surface area contributed by atoms with Crippen molar-refractivity contribution < 1.29 is 0 Å². The summed E-state index contributed by atoms with van der Waals surface area (Å²) < 4.78 is 1.87. The van der Waals surface area contributed by atoms with Gasteiger partial charge in [0.1, 0.15) is 12.2 Å². The second kappa shape index (κ2) is 4.97. The molecule has 2 rings (SSSR count). The van der Waals surface area contributed by atoms with Gasteiger partial charge in [-0.15, -0.1) is 0 Å². The van der Waals surface area contributed by atoms with Crippen LogP contribution in [0.2, 0.25) is 0 Å². The summed E-state index contributed by atoms with van der Waals surface area (Å²) in [5.41, 5.74) is 0.171. The summed E-state index contributed by atoms with van der Waals surface area (Å²) in [7, 11) is 1.96. The first-order chi connectivity index (χ1) is 8.39. The number of hydrogen-bond acceptors (Lipinski definition) is 4. The summed E-state index contributed by atoms with van der Waals surface area (Å²) in [5, 5.41) is 7.78. The summed E-state index contributed by atoms with van der Waals surface area (Å²) in [6.45, 7) is 12.1. The van der Waals surface area contributed by atoms with Crippen LogP contribution in [0.4, 0.5) is 0 Å². The maximum absolute atomic E-state index is 4.34. The van der Waals surface area contributed by atoms with Crippen LogP contribution in [0.25, 0.3) is 0 Å². The third kappa shape index (κ3) is 2.90. The second-order valence-electron chi connectivity index (χ2n) is 6.28. The van der Waals surface area contributed by atoms with Gasteiger partial charge in [0.2, 0.25) is 0 Å². The summed E-state index contributed by atoms with van der Waals surface area (Å²) >= 11 is 0. The Bertz CT molecular complexity index is 396. The molecule has 1 unspecified atom stereocenters. The van der Waals surface area contributed by atoms with Crippen LogP contribution >= 0.6 is 0 Å². The van der Waals surface area contributed by atoms with Crippen molar-refractivity contribution in [2.24, 2.45) is 13.0 Å². The molecule has 0 amide bonds. The largest absolute Gasteiger partial charge is 0.309 e. The molecule has 0 spiro atoms. The van der Waals surface area contributed by atoms with E-state index < -0.39 is 0 Å². The first-order valence-electron chi connectivity index (χ1n) is 6.71. The minimum atomic E-state index is 0.171. The first kappa shape index (κ1) is 13.5. The zero-order chi connectivity index (χ0) is 13.3. The van der Waals surface area contributed by atoms with Gasteiger partial charge in [0, 0.05) is 31.7 Å². The first-order valence-corrected chi connectivity index (χ1v) is 6.71. The highest BCUT2D eigenvalue weighted by molar-refractivity contribution is 4.96. The van der Waals surface area contributed by atoms with Gasteiger partial charge in [0.05, 0.1) is 6.54 Å². The van der Waals surface area contributed by atoms with E-state index in [1.54, 1.807) is 6.33 Å². The Morgan fingerprint density at radius 3 is 2.78 bits per heavy atom. The van der Waals surface area contributed by atoms with Gasteiger partial charge < -0.3 is 5.32 Å². The van der Waals surface area contributed by atoms with Crippen LogP contribution in [0.1, 0.15) is 33.5 Å². The number of piperazine rings is 1. The Morgan fingerprint density at radius 2 is 2.22 bits per heavy atom. The standard InChI is InChI=1S/C13H25N5/c1-10(2)11-6-15-13(3,4)8-18(11)7-12-14-9-16-17(12)5/h9-11,15H,6-8H2,1-5H3. The van der Waals surface area contributed by atoms with Crippen LogP contribution in [0.3, 0.4) is 0 Å². The Kier molecular flexibility index (Phi) is 3.73. The molecule has 18 heavy (non-hydrogen) atoms. The molecule has 1 N–H and O–H groups in total. The van der Waals surface area contributed by atoms with Crippen molar-refractivity contribution in [1.29, 1.82) is 0 Å². The van der Waals surface area contributed by atoms with Gasteiger partial charge in [0.15, 0.2) is 0 Å². The Labute approximate surface area is 110 Å². The fourth-order valence-corrected chi connectivity index (χ4v) is 2.67. The molecule has 0 bridgehead atoms. The SMILES string of the molecule is CC(C)C1CNC(C)(C)CN1Cc1ncnn1C. The summed E-state index contributed by atoms with van der Waals surface area (Å²) in [6, 6.07) is 0.565. The zero-order valence-corrected chi connectivity index (χ0v) is 12.1. The topological polar surface area (TPSA) is 46.0 Å². The van der Waals surface area contributed by atoms with Crippen LogP contribution in [0.5, 0.6) is 0 Å². The normalized spacial score (nSPS) is 24.7. The summed E-state index contributed by atoms with van der Waals surface area (Å²) in [4.78, 5) is 6.87. The molecule has 0 saturated carbocycles. The maximum atomic E-state index is 4.34.